The van der Waals surface area contributed by atoms with Gasteiger partial charge in [0.15, 0.2) is 11.5 Å². The molecular weight excluding hydrogens is 272 g/mol. The molecule has 0 aliphatic heterocycles. The Bertz CT molecular complexity index is 1000. The molecule has 0 amide bonds. The van der Waals surface area contributed by atoms with Gasteiger partial charge < -0.3 is 9.47 Å². The van der Waals surface area contributed by atoms with E-state index in [2.05, 4.69) is 54.6 Å². The number of benzene rings is 4. The zero-order valence-electron chi connectivity index (χ0n) is 12.6. The van der Waals surface area contributed by atoms with Crippen LogP contribution >= 0.6 is 0 Å². The predicted octanol–water partition coefficient (Wildman–Crippen LogP) is 5.16. The van der Waals surface area contributed by atoms with Gasteiger partial charge in [0, 0.05) is 0 Å². The molecule has 4 aromatic carbocycles. The Balaban J connectivity index is 2.16. The van der Waals surface area contributed by atoms with Crippen molar-refractivity contribution in [2.75, 3.05) is 14.2 Å². The second-order valence-corrected chi connectivity index (χ2v) is 5.38. The fraction of sp³-hybridized carbons (Fsp3) is 0.100. The molecule has 0 saturated heterocycles. The molecule has 2 heteroatoms. The van der Waals surface area contributed by atoms with Crippen LogP contribution in [0.15, 0.2) is 60.7 Å². The van der Waals surface area contributed by atoms with Crippen molar-refractivity contribution in [2.45, 2.75) is 0 Å². The Morgan fingerprint density at radius 3 is 1.95 bits per heavy atom. The van der Waals surface area contributed by atoms with Gasteiger partial charge in [-0.15, -0.1) is 0 Å². The van der Waals surface area contributed by atoms with E-state index in [1.165, 1.54) is 26.9 Å². The molecule has 4 rings (SSSR count). The summed E-state index contributed by atoms with van der Waals surface area (Å²) in [6, 6.07) is 21.3. The van der Waals surface area contributed by atoms with Gasteiger partial charge in [0.2, 0.25) is 0 Å². The van der Waals surface area contributed by atoms with Gasteiger partial charge >= 0.3 is 0 Å². The zero-order chi connectivity index (χ0) is 15.1. The molecule has 22 heavy (non-hydrogen) atoms. The first kappa shape index (κ1) is 13.0. The maximum atomic E-state index is 5.46. The lowest BCUT2D eigenvalue weighted by Gasteiger charge is -2.12. The summed E-state index contributed by atoms with van der Waals surface area (Å²) < 4.78 is 10.9. The lowest BCUT2D eigenvalue weighted by atomic mass is 9.97. The summed E-state index contributed by atoms with van der Waals surface area (Å²) in [6.07, 6.45) is 0. The molecule has 0 fully saturated rings. The van der Waals surface area contributed by atoms with Gasteiger partial charge in [0.25, 0.3) is 0 Å². The maximum absolute atomic E-state index is 5.46. The second kappa shape index (κ2) is 4.92. The summed E-state index contributed by atoms with van der Waals surface area (Å²) in [5, 5.41) is 7.36. The van der Waals surface area contributed by atoms with Crippen molar-refractivity contribution >= 4 is 32.3 Å². The number of methoxy groups -OCH3 is 2. The number of fused-ring (bicyclic) bond motifs is 5. The highest BCUT2D eigenvalue weighted by Gasteiger charge is 2.09. The number of hydrogen-bond acceptors (Lipinski definition) is 2. The summed E-state index contributed by atoms with van der Waals surface area (Å²) >= 11 is 0. The smallest absolute Gasteiger partial charge is 0.161 e. The van der Waals surface area contributed by atoms with Crippen LogP contribution in [-0.2, 0) is 0 Å². The van der Waals surface area contributed by atoms with Crippen LogP contribution in [0.2, 0.25) is 0 Å². The van der Waals surface area contributed by atoms with E-state index in [1.54, 1.807) is 14.2 Å². The van der Waals surface area contributed by atoms with Gasteiger partial charge in [0.1, 0.15) is 0 Å². The molecule has 0 radical (unpaired) electrons. The van der Waals surface area contributed by atoms with E-state index in [1.807, 2.05) is 6.07 Å². The molecule has 0 N–H and O–H groups in total. The van der Waals surface area contributed by atoms with Crippen molar-refractivity contribution in [1.29, 1.82) is 0 Å². The minimum absolute atomic E-state index is 0.759. The van der Waals surface area contributed by atoms with Crippen LogP contribution in [0.4, 0.5) is 0 Å². The molecule has 4 aromatic rings. The number of ether oxygens (including phenoxy) is 2. The second-order valence-electron chi connectivity index (χ2n) is 5.38. The van der Waals surface area contributed by atoms with Crippen LogP contribution in [0.1, 0.15) is 0 Å². The van der Waals surface area contributed by atoms with Gasteiger partial charge in [-0.2, -0.15) is 0 Å². The topological polar surface area (TPSA) is 18.5 Å². The number of hydrogen-bond donors (Lipinski definition) is 0. The third kappa shape index (κ3) is 1.81. The molecule has 0 aliphatic carbocycles. The summed E-state index contributed by atoms with van der Waals surface area (Å²) in [5.41, 5.74) is 0. The Morgan fingerprint density at radius 1 is 0.545 bits per heavy atom. The van der Waals surface area contributed by atoms with Gasteiger partial charge in [-0.25, -0.2) is 0 Å². The molecule has 0 spiro atoms. The molecule has 0 heterocycles. The van der Waals surface area contributed by atoms with Gasteiger partial charge in [-0.3, -0.25) is 0 Å². The molecule has 108 valence electrons. The van der Waals surface area contributed by atoms with E-state index in [9.17, 15) is 0 Å². The van der Waals surface area contributed by atoms with E-state index in [0.29, 0.717) is 0 Å². The van der Waals surface area contributed by atoms with Crippen LogP contribution in [0.3, 0.4) is 0 Å². The van der Waals surface area contributed by atoms with E-state index in [-0.39, 0.29) is 0 Å². The Hall–Kier alpha value is -2.74. The van der Waals surface area contributed by atoms with Crippen molar-refractivity contribution < 1.29 is 9.47 Å². The first-order valence-corrected chi connectivity index (χ1v) is 7.28. The lowest BCUT2D eigenvalue weighted by Crippen LogP contribution is -1.91. The molecule has 0 aliphatic rings. The summed E-state index contributed by atoms with van der Waals surface area (Å²) in [4.78, 5) is 0. The van der Waals surface area contributed by atoms with Crippen molar-refractivity contribution in [1.82, 2.24) is 0 Å². The molecule has 0 bridgehead atoms. The third-order valence-electron chi connectivity index (χ3n) is 4.25. The fourth-order valence-electron chi connectivity index (χ4n) is 3.15. The average Bonchev–Trinajstić information content (AvgIpc) is 2.59. The van der Waals surface area contributed by atoms with Crippen LogP contribution < -0.4 is 9.47 Å². The molecule has 0 aromatic heterocycles. The summed E-state index contributed by atoms with van der Waals surface area (Å²) in [6.45, 7) is 0. The van der Waals surface area contributed by atoms with Crippen molar-refractivity contribution in [3.05, 3.63) is 60.7 Å². The van der Waals surface area contributed by atoms with E-state index in [0.717, 1.165) is 16.9 Å². The molecule has 0 saturated carbocycles. The standard InChI is InChI=1S/C20H16O2/c1-21-19-11-14-8-10-16-15-6-4-3-5-13(15)7-9-17(16)18(14)12-20(19)22-2/h3-12H,1-2H3. The maximum Gasteiger partial charge on any atom is 0.161 e. The van der Waals surface area contributed by atoms with Crippen molar-refractivity contribution in [3.63, 3.8) is 0 Å². The lowest BCUT2D eigenvalue weighted by molar-refractivity contribution is 0.356. The SMILES string of the molecule is COc1cc2ccc3c4ccccc4ccc3c2cc1OC. The Kier molecular flexibility index (Phi) is 2.90. The molecule has 2 nitrogen and oxygen atoms in total. The highest BCUT2D eigenvalue weighted by molar-refractivity contribution is 6.17. The zero-order valence-corrected chi connectivity index (χ0v) is 12.6. The van der Waals surface area contributed by atoms with Crippen LogP contribution in [-0.4, -0.2) is 14.2 Å². The molecule has 0 atom stereocenters. The number of rotatable bonds is 2. The average molecular weight is 288 g/mol. The minimum Gasteiger partial charge on any atom is -0.493 e. The molecular formula is C20H16O2. The highest BCUT2D eigenvalue weighted by atomic mass is 16.5. The fourth-order valence-corrected chi connectivity index (χ4v) is 3.15. The predicted molar refractivity (Wildman–Crippen MR) is 92.1 cm³/mol. The van der Waals surface area contributed by atoms with Crippen LogP contribution in [0.25, 0.3) is 32.3 Å². The van der Waals surface area contributed by atoms with E-state index < -0.39 is 0 Å². The van der Waals surface area contributed by atoms with E-state index >= 15 is 0 Å². The largest absolute Gasteiger partial charge is 0.493 e. The van der Waals surface area contributed by atoms with Crippen LogP contribution in [0, 0.1) is 0 Å². The first-order valence-electron chi connectivity index (χ1n) is 7.28. The Morgan fingerprint density at radius 2 is 1.18 bits per heavy atom. The first-order chi connectivity index (χ1) is 10.8. The van der Waals surface area contributed by atoms with E-state index in [4.69, 9.17) is 9.47 Å². The van der Waals surface area contributed by atoms with Gasteiger partial charge in [-0.05, 0) is 44.5 Å². The molecule has 0 unspecified atom stereocenters. The normalized spacial score (nSPS) is 11.2. The quantitative estimate of drug-likeness (QED) is 0.474. The monoisotopic (exact) mass is 288 g/mol. The van der Waals surface area contributed by atoms with Crippen molar-refractivity contribution in [3.8, 4) is 11.5 Å². The van der Waals surface area contributed by atoms with Crippen molar-refractivity contribution in [2.24, 2.45) is 0 Å². The van der Waals surface area contributed by atoms with Gasteiger partial charge in [0.05, 0.1) is 14.2 Å². The minimum atomic E-state index is 0.759. The Labute approximate surface area is 128 Å². The summed E-state index contributed by atoms with van der Waals surface area (Å²) in [7, 11) is 3.34. The third-order valence-corrected chi connectivity index (χ3v) is 4.25. The highest BCUT2D eigenvalue weighted by Crippen LogP contribution is 2.37. The van der Waals surface area contributed by atoms with Gasteiger partial charge in [-0.1, -0.05) is 48.5 Å². The summed E-state index contributed by atoms with van der Waals surface area (Å²) in [5.74, 6) is 1.52. The van der Waals surface area contributed by atoms with Crippen LogP contribution in [0.5, 0.6) is 11.5 Å².